The van der Waals surface area contributed by atoms with Crippen LogP contribution in [0.3, 0.4) is 0 Å². The number of oxazole rings is 1. The van der Waals surface area contributed by atoms with E-state index < -0.39 is 11.7 Å². The number of halogens is 3. The number of aromatic nitrogens is 2. The summed E-state index contributed by atoms with van der Waals surface area (Å²) in [6.07, 6.45) is 0.973. The van der Waals surface area contributed by atoms with Crippen LogP contribution in [0.4, 0.5) is 13.2 Å². The molecular formula is C23H25F3N4O2. The average molecular weight is 446 g/mol. The summed E-state index contributed by atoms with van der Waals surface area (Å²) in [4.78, 5) is 22.5. The summed E-state index contributed by atoms with van der Waals surface area (Å²) in [5, 5.41) is 2.77. The van der Waals surface area contributed by atoms with E-state index in [2.05, 4.69) is 15.3 Å². The van der Waals surface area contributed by atoms with Crippen molar-refractivity contribution in [2.24, 2.45) is 0 Å². The van der Waals surface area contributed by atoms with E-state index in [0.717, 1.165) is 24.1 Å². The summed E-state index contributed by atoms with van der Waals surface area (Å²) in [6.45, 7) is 4.88. The first-order valence-corrected chi connectivity index (χ1v) is 10.3. The lowest BCUT2D eigenvalue weighted by Crippen LogP contribution is -2.32. The van der Waals surface area contributed by atoms with Gasteiger partial charge in [0, 0.05) is 31.5 Å². The number of nitrogens with zero attached hydrogens (tertiary/aromatic N) is 3. The normalized spacial score (nSPS) is 12.7. The lowest BCUT2D eigenvalue weighted by molar-refractivity contribution is -0.137. The first kappa shape index (κ1) is 23.5. The van der Waals surface area contributed by atoms with Crippen LogP contribution in [-0.2, 0) is 25.8 Å². The Morgan fingerprint density at radius 2 is 1.91 bits per heavy atom. The second kappa shape index (κ2) is 10.4. The molecule has 3 rings (SSSR count). The summed E-state index contributed by atoms with van der Waals surface area (Å²) in [6, 6.07) is 8.95. The smallest absolute Gasteiger partial charge is 0.416 e. The lowest BCUT2D eigenvalue weighted by atomic mass is 10.1. The van der Waals surface area contributed by atoms with Crippen LogP contribution in [-0.4, -0.2) is 26.8 Å². The second-order valence-corrected chi connectivity index (χ2v) is 7.53. The molecule has 2 heterocycles. The highest BCUT2D eigenvalue weighted by Gasteiger charge is 2.30. The molecule has 32 heavy (non-hydrogen) atoms. The fourth-order valence-corrected chi connectivity index (χ4v) is 3.14. The molecule has 0 bridgehead atoms. The number of hydrogen-bond acceptors (Lipinski definition) is 5. The molecule has 170 valence electrons. The van der Waals surface area contributed by atoms with Crippen LogP contribution in [0, 0.1) is 0 Å². The quantitative estimate of drug-likeness (QED) is 0.510. The number of alkyl halides is 3. The summed E-state index contributed by atoms with van der Waals surface area (Å²) in [5.74, 6) is -0.0453. The van der Waals surface area contributed by atoms with Gasteiger partial charge in [-0.3, -0.25) is 14.7 Å². The van der Waals surface area contributed by atoms with E-state index in [1.807, 2.05) is 18.7 Å². The Balaban J connectivity index is 1.66. The zero-order valence-electron chi connectivity index (χ0n) is 17.9. The third-order valence-corrected chi connectivity index (χ3v) is 5.18. The molecule has 0 saturated heterocycles. The topological polar surface area (TPSA) is 71.3 Å². The standard InChI is InChI=1S/C23H25F3N4O2/c1-3-16(2)30(13-18-5-4-6-19(11-18)23(24,25)26)14-21-29-20(15-32-21)22(31)28-12-17-7-9-27-10-8-17/h4-11,15-16H,3,12-14H2,1-2H3,(H,28,31). The molecule has 3 aromatic rings. The van der Waals surface area contributed by atoms with Gasteiger partial charge in [-0.05, 0) is 42.7 Å². The Kier molecular flexibility index (Phi) is 7.63. The summed E-state index contributed by atoms with van der Waals surface area (Å²) in [7, 11) is 0. The molecule has 1 aromatic carbocycles. The minimum Gasteiger partial charge on any atom is -0.447 e. The molecular weight excluding hydrogens is 421 g/mol. The van der Waals surface area contributed by atoms with Crippen molar-refractivity contribution in [2.45, 2.75) is 52.1 Å². The van der Waals surface area contributed by atoms with Gasteiger partial charge in [-0.15, -0.1) is 0 Å². The van der Waals surface area contributed by atoms with Crippen LogP contribution in [0.2, 0.25) is 0 Å². The van der Waals surface area contributed by atoms with Crippen molar-refractivity contribution >= 4 is 5.91 Å². The Morgan fingerprint density at radius 1 is 1.16 bits per heavy atom. The molecule has 1 unspecified atom stereocenters. The van der Waals surface area contributed by atoms with Crippen LogP contribution in [0.25, 0.3) is 0 Å². The van der Waals surface area contributed by atoms with Crippen LogP contribution in [0.15, 0.2) is 59.5 Å². The third kappa shape index (κ3) is 6.40. The Hall–Kier alpha value is -3.20. The minimum atomic E-state index is -4.39. The van der Waals surface area contributed by atoms with E-state index in [9.17, 15) is 18.0 Å². The number of carbonyl (C=O) groups is 1. The van der Waals surface area contributed by atoms with E-state index in [4.69, 9.17) is 4.42 Å². The van der Waals surface area contributed by atoms with Gasteiger partial charge in [0.15, 0.2) is 5.69 Å². The molecule has 9 heteroatoms. The molecule has 6 nitrogen and oxygen atoms in total. The monoisotopic (exact) mass is 446 g/mol. The van der Waals surface area contributed by atoms with E-state index in [0.29, 0.717) is 24.5 Å². The number of nitrogens with one attached hydrogen (secondary N) is 1. The van der Waals surface area contributed by atoms with Gasteiger partial charge < -0.3 is 9.73 Å². The number of rotatable bonds is 9. The maximum absolute atomic E-state index is 13.0. The van der Waals surface area contributed by atoms with Gasteiger partial charge in [0.25, 0.3) is 5.91 Å². The predicted molar refractivity (Wildman–Crippen MR) is 112 cm³/mol. The largest absolute Gasteiger partial charge is 0.447 e. The molecule has 1 amide bonds. The number of carbonyl (C=O) groups excluding carboxylic acids is 1. The SMILES string of the molecule is CCC(C)N(Cc1cccc(C(F)(F)F)c1)Cc1nc(C(=O)NCc2ccncc2)co1. The van der Waals surface area contributed by atoms with E-state index in [1.54, 1.807) is 30.6 Å². The van der Waals surface area contributed by atoms with Crippen LogP contribution in [0.5, 0.6) is 0 Å². The van der Waals surface area contributed by atoms with Crippen molar-refractivity contribution < 1.29 is 22.4 Å². The van der Waals surface area contributed by atoms with Gasteiger partial charge in [-0.1, -0.05) is 25.1 Å². The fraction of sp³-hybridized carbons (Fsp3) is 0.348. The zero-order valence-corrected chi connectivity index (χ0v) is 17.9. The highest BCUT2D eigenvalue weighted by molar-refractivity contribution is 5.91. The predicted octanol–water partition coefficient (Wildman–Crippen LogP) is 4.82. The first-order valence-electron chi connectivity index (χ1n) is 10.3. The van der Waals surface area contributed by atoms with Crippen molar-refractivity contribution in [3.05, 3.63) is 83.3 Å². The molecule has 0 aliphatic rings. The van der Waals surface area contributed by atoms with Crippen LogP contribution in [0.1, 0.15) is 53.3 Å². The van der Waals surface area contributed by atoms with Crippen molar-refractivity contribution in [1.29, 1.82) is 0 Å². The van der Waals surface area contributed by atoms with Crippen molar-refractivity contribution in [3.8, 4) is 0 Å². The van der Waals surface area contributed by atoms with Crippen LogP contribution < -0.4 is 5.32 Å². The molecule has 0 saturated carbocycles. The average Bonchev–Trinajstić information content (AvgIpc) is 3.25. The van der Waals surface area contributed by atoms with Gasteiger partial charge in [0.1, 0.15) is 6.26 Å². The number of amides is 1. The van der Waals surface area contributed by atoms with E-state index in [1.165, 1.54) is 12.3 Å². The van der Waals surface area contributed by atoms with Crippen LogP contribution >= 0.6 is 0 Å². The molecule has 0 aliphatic carbocycles. The fourth-order valence-electron chi connectivity index (χ4n) is 3.14. The van der Waals surface area contributed by atoms with Gasteiger partial charge in [0.05, 0.1) is 12.1 Å². The van der Waals surface area contributed by atoms with Gasteiger partial charge in [-0.25, -0.2) is 4.98 Å². The molecule has 0 aliphatic heterocycles. The number of hydrogen-bond donors (Lipinski definition) is 1. The molecule has 0 spiro atoms. The first-order chi connectivity index (χ1) is 15.3. The maximum atomic E-state index is 13.0. The molecule has 0 fully saturated rings. The Labute approximate surface area is 184 Å². The molecule has 1 N–H and O–H groups in total. The van der Waals surface area contributed by atoms with Crippen molar-refractivity contribution in [2.75, 3.05) is 0 Å². The zero-order chi connectivity index (χ0) is 23.1. The maximum Gasteiger partial charge on any atom is 0.416 e. The second-order valence-electron chi connectivity index (χ2n) is 7.53. The van der Waals surface area contributed by atoms with Gasteiger partial charge in [-0.2, -0.15) is 13.2 Å². The number of benzene rings is 1. The molecule has 2 aromatic heterocycles. The summed E-state index contributed by atoms with van der Waals surface area (Å²) in [5.41, 5.74) is 0.920. The highest BCUT2D eigenvalue weighted by Crippen LogP contribution is 2.30. The Morgan fingerprint density at radius 3 is 2.59 bits per heavy atom. The Bertz CT molecular complexity index is 1020. The highest BCUT2D eigenvalue weighted by atomic mass is 19.4. The van der Waals surface area contributed by atoms with E-state index >= 15 is 0 Å². The van der Waals surface area contributed by atoms with Crippen molar-refractivity contribution in [3.63, 3.8) is 0 Å². The van der Waals surface area contributed by atoms with Crippen molar-refractivity contribution in [1.82, 2.24) is 20.2 Å². The van der Waals surface area contributed by atoms with Gasteiger partial charge in [0.2, 0.25) is 5.89 Å². The third-order valence-electron chi connectivity index (χ3n) is 5.18. The summed E-state index contributed by atoms with van der Waals surface area (Å²) < 4.78 is 44.6. The number of pyridine rings is 1. The molecule has 1 atom stereocenters. The summed E-state index contributed by atoms with van der Waals surface area (Å²) >= 11 is 0. The molecule has 0 radical (unpaired) electrons. The van der Waals surface area contributed by atoms with E-state index in [-0.39, 0.29) is 24.2 Å². The minimum absolute atomic E-state index is 0.0698. The lowest BCUT2D eigenvalue weighted by Gasteiger charge is -2.27. The van der Waals surface area contributed by atoms with Gasteiger partial charge >= 0.3 is 6.18 Å².